The van der Waals surface area contributed by atoms with Gasteiger partial charge in [-0.25, -0.2) is 0 Å². The van der Waals surface area contributed by atoms with Crippen LogP contribution in [0.2, 0.25) is 0 Å². The Morgan fingerprint density at radius 2 is 0.675 bits per heavy atom. The lowest BCUT2D eigenvalue weighted by molar-refractivity contribution is -0.138. The van der Waals surface area contributed by atoms with Gasteiger partial charge in [0.2, 0.25) is 0 Å². The Morgan fingerprint density at radius 3 is 0.900 bits per heavy atom. The second kappa shape index (κ2) is 44.9. The van der Waals surface area contributed by atoms with Gasteiger partial charge in [0.15, 0.2) is 0 Å². The van der Waals surface area contributed by atoms with E-state index >= 15 is 0 Å². The molecule has 4 N–H and O–H groups in total. The third kappa shape index (κ3) is 65.7. The Morgan fingerprint density at radius 1 is 0.450 bits per heavy atom. The lowest BCUT2D eigenvalue weighted by Gasteiger charge is -2.04. The predicted octanol–water partition coefficient (Wildman–Crippen LogP) is 10.2. The second-order valence-corrected chi connectivity index (χ2v) is 11.2. The number of carboxylic acids is 2. The van der Waals surface area contributed by atoms with E-state index < -0.39 is 11.9 Å². The van der Waals surface area contributed by atoms with Gasteiger partial charge in [-0.1, -0.05) is 149 Å². The van der Waals surface area contributed by atoms with Crippen LogP contribution in [0.3, 0.4) is 0 Å². The summed E-state index contributed by atoms with van der Waals surface area (Å²) in [5.74, 6) is -0.447. The molecule has 0 aromatic heterocycles. The minimum atomic E-state index is -0.659. The maximum atomic E-state index is 10.3. The quantitative estimate of drug-likeness (QED) is 0.0804. The lowest BCUT2D eigenvalue weighted by atomic mass is 10.0. The van der Waals surface area contributed by atoms with E-state index in [1.54, 1.807) is 13.8 Å². The van der Waals surface area contributed by atoms with E-state index in [1.807, 2.05) is 0 Å². The zero-order chi connectivity index (χ0) is 31.1. The molecule has 6 nitrogen and oxygen atoms in total. The molecule has 6 heteroatoms. The highest BCUT2D eigenvalue weighted by Crippen LogP contribution is 2.14. The van der Waals surface area contributed by atoms with Crippen molar-refractivity contribution >= 4 is 11.9 Å². The third-order valence-electron chi connectivity index (χ3n) is 6.42. The zero-order valence-electron chi connectivity index (χ0n) is 27.6. The van der Waals surface area contributed by atoms with Crippen molar-refractivity contribution in [2.24, 2.45) is 5.92 Å². The summed E-state index contributed by atoms with van der Waals surface area (Å²) >= 11 is 0. The minimum absolute atomic E-state index is 0.250. The molecule has 0 unspecified atom stereocenters. The van der Waals surface area contributed by atoms with E-state index in [4.69, 9.17) is 20.4 Å². The van der Waals surface area contributed by atoms with E-state index in [0.29, 0.717) is 12.8 Å². The average molecular weight is 577 g/mol. The molecule has 0 aliphatic carbocycles. The maximum absolute atomic E-state index is 10.3. The zero-order valence-corrected chi connectivity index (χ0v) is 27.6. The number of unbranched alkanes of at least 4 members (excludes halogenated alkanes) is 19. The molecule has 0 bridgehead atoms. The van der Waals surface area contributed by atoms with Crippen LogP contribution in [-0.2, 0) is 9.59 Å². The summed E-state index contributed by atoms with van der Waals surface area (Å²) in [7, 11) is 0. The lowest BCUT2D eigenvalue weighted by Crippen LogP contribution is -1.93. The summed E-state index contributed by atoms with van der Waals surface area (Å²) in [5, 5.41) is 32.1. The smallest absolute Gasteiger partial charge is 0.303 e. The number of aliphatic hydroxyl groups is 2. The first kappa shape index (κ1) is 45.8. The van der Waals surface area contributed by atoms with Crippen LogP contribution in [0, 0.1) is 5.92 Å². The van der Waals surface area contributed by atoms with E-state index in [9.17, 15) is 9.59 Å². The number of aliphatic carboxylic acids is 2. The van der Waals surface area contributed by atoms with Gasteiger partial charge in [0.1, 0.15) is 0 Å². The fourth-order valence-electron chi connectivity index (χ4n) is 4.18. The summed E-state index contributed by atoms with van der Waals surface area (Å²) < 4.78 is 0. The van der Waals surface area contributed by atoms with Crippen LogP contribution in [0.1, 0.15) is 189 Å². The SMILES string of the molecule is CC(C)CCCCCCCCCCCCCCC(=O)O.CCCCCCCCCCCC(=O)O.CCO.CCO. The van der Waals surface area contributed by atoms with Gasteiger partial charge in [-0.2, -0.15) is 0 Å². The highest BCUT2D eigenvalue weighted by Gasteiger charge is 1.98. The van der Waals surface area contributed by atoms with Crippen molar-refractivity contribution < 1.29 is 30.0 Å². The number of hydrogen-bond donors (Lipinski definition) is 4. The van der Waals surface area contributed by atoms with Gasteiger partial charge in [0.05, 0.1) is 0 Å². The molecule has 0 saturated carbocycles. The van der Waals surface area contributed by atoms with Gasteiger partial charge in [-0.05, 0) is 32.6 Å². The predicted molar refractivity (Wildman–Crippen MR) is 172 cm³/mol. The van der Waals surface area contributed by atoms with Crippen LogP contribution >= 0.6 is 0 Å². The molecule has 0 amide bonds. The van der Waals surface area contributed by atoms with Crippen LogP contribution in [0.25, 0.3) is 0 Å². The van der Waals surface area contributed by atoms with Gasteiger partial charge >= 0.3 is 11.9 Å². The molecule has 0 fully saturated rings. The molecule has 0 aromatic rings. The van der Waals surface area contributed by atoms with Crippen molar-refractivity contribution in [1.82, 2.24) is 0 Å². The fraction of sp³-hybridized carbons (Fsp3) is 0.941. The first-order valence-corrected chi connectivity index (χ1v) is 16.9. The van der Waals surface area contributed by atoms with Crippen molar-refractivity contribution in [3.05, 3.63) is 0 Å². The van der Waals surface area contributed by atoms with Crippen molar-refractivity contribution in [1.29, 1.82) is 0 Å². The summed E-state index contributed by atoms with van der Waals surface area (Å²) in [4.78, 5) is 20.5. The van der Waals surface area contributed by atoms with Gasteiger partial charge < -0.3 is 20.4 Å². The monoisotopic (exact) mass is 577 g/mol. The maximum Gasteiger partial charge on any atom is 0.303 e. The molecule has 0 rings (SSSR count). The fourth-order valence-corrected chi connectivity index (χ4v) is 4.18. The number of carboxylic acid groups (broad SMARTS) is 2. The Kier molecular flexibility index (Phi) is 51.4. The van der Waals surface area contributed by atoms with Gasteiger partial charge in [0, 0.05) is 26.1 Å². The summed E-state index contributed by atoms with van der Waals surface area (Å²) in [6.45, 7) is 10.7. The summed E-state index contributed by atoms with van der Waals surface area (Å²) in [6, 6.07) is 0. The van der Waals surface area contributed by atoms with Gasteiger partial charge in [0.25, 0.3) is 0 Å². The Hall–Kier alpha value is -1.14. The molecule has 244 valence electrons. The Labute approximate surface area is 249 Å². The van der Waals surface area contributed by atoms with Crippen LogP contribution in [-0.4, -0.2) is 45.6 Å². The number of carbonyl (C=O) groups is 2. The third-order valence-corrected chi connectivity index (χ3v) is 6.42. The minimum Gasteiger partial charge on any atom is -0.481 e. The number of aliphatic hydroxyl groups excluding tert-OH is 2. The topological polar surface area (TPSA) is 115 Å². The average Bonchev–Trinajstić information content (AvgIpc) is 2.89. The van der Waals surface area contributed by atoms with Crippen LogP contribution < -0.4 is 0 Å². The van der Waals surface area contributed by atoms with Crippen LogP contribution in [0.4, 0.5) is 0 Å². The van der Waals surface area contributed by atoms with Crippen molar-refractivity contribution in [3.63, 3.8) is 0 Å². The van der Waals surface area contributed by atoms with Crippen molar-refractivity contribution in [2.75, 3.05) is 13.2 Å². The molecule has 40 heavy (non-hydrogen) atoms. The van der Waals surface area contributed by atoms with Crippen LogP contribution in [0.15, 0.2) is 0 Å². The molecule has 0 aromatic carbocycles. The Bertz CT molecular complexity index is 452. The molecule has 0 spiro atoms. The largest absolute Gasteiger partial charge is 0.481 e. The highest BCUT2D eigenvalue weighted by atomic mass is 16.4. The molecular formula is C34H72O6. The normalized spacial score (nSPS) is 10.1. The molecule has 0 heterocycles. The van der Waals surface area contributed by atoms with Crippen molar-refractivity contribution in [3.8, 4) is 0 Å². The van der Waals surface area contributed by atoms with E-state index in [1.165, 1.54) is 116 Å². The van der Waals surface area contributed by atoms with E-state index in [0.717, 1.165) is 31.6 Å². The van der Waals surface area contributed by atoms with Gasteiger partial charge in [-0.15, -0.1) is 0 Å². The first-order chi connectivity index (χ1) is 19.2. The van der Waals surface area contributed by atoms with Gasteiger partial charge in [-0.3, -0.25) is 9.59 Å². The molecule has 0 atom stereocenters. The van der Waals surface area contributed by atoms with E-state index in [-0.39, 0.29) is 13.2 Å². The molecular weight excluding hydrogens is 504 g/mol. The Balaban J connectivity index is -0.000000280. The highest BCUT2D eigenvalue weighted by molar-refractivity contribution is 5.66. The number of hydrogen-bond acceptors (Lipinski definition) is 4. The number of rotatable bonds is 25. The van der Waals surface area contributed by atoms with Crippen molar-refractivity contribution in [2.45, 2.75) is 189 Å². The molecule has 0 aliphatic heterocycles. The first-order valence-electron chi connectivity index (χ1n) is 16.9. The molecule has 0 aliphatic rings. The standard InChI is InChI=1S/C18H36O2.C12H24O2.2C2H6O/c1-17(2)15-13-11-9-7-5-3-4-6-8-10-12-14-16-18(19)20;1-2-3-4-5-6-7-8-9-10-11-12(13)14;2*1-2-3/h17H,3-16H2,1-2H3,(H,19,20);2-11H2,1H3,(H,13,14);2*3H,2H2,1H3. The molecule has 0 saturated heterocycles. The summed E-state index contributed by atoms with van der Waals surface area (Å²) in [6.07, 6.45) is 28.8. The molecule has 0 radical (unpaired) electrons. The summed E-state index contributed by atoms with van der Waals surface area (Å²) in [5.41, 5.74) is 0. The second-order valence-electron chi connectivity index (χ2n) is 11.2. The van der Waals surface area contributed by atoms with Crippen LogP contribution in [0.5, 0.6) is 0 Å². The van der Waals surface area contributed by atoms with E-state index in [2.05, 4.69) is 20.8 Å².